The van der Waals surface area contributed by atoms with Gasteiger partial charge in [-0.1, -0.05) is 25.1 Å². The molecule has 1 amide bonds. The standard InChI is InChI=1S/C22H23N3O3/c1-4-11-28-20-10-9-16(13-21(20)27-3)14-23-25-22(26)18-12-15(2)24-19-8-6-5-7-17(18)19/h5-10,12-14H,4,11H2,1-3H3,(H,25,26)/b23-14-. The summed E-state index contributed by atoms with van der Waals surface area (Å²) in [6.07, 6.45) is 2.49. The van der Waals surface area contributed by atoms with E-state index in [0.717, 1.165) is 28.6 Å². The van der Waals surface area contributed by atoms with Gasteiger partial charge in [0, 0.05) is 11.1 Å². The summed E-state index contributed by atoms with van der Waals surface area (Å²) in [6.45, 7) is 4.53. The third-order valence-electron chi connectivity index (χ3n) is 4.12. The van der Waals surface area contributed by atoms with E-state index < -0.39 is 0 Å². The van der Waals surface area contributed by atoms with Crippen molar-refractivity contribution >= 4 is 23.0 Å². The number of hydrazone groups is 1. The van der Waals surface area contributed by atoms with Crippen molar-refractivity contribution in [2.45, 2.75) is 20.3 Å². The van der Waals surface area contributed by atoms with E-state index in [1.807, 2.05) is 56.3 Å². The van der Waals surface area contributed by atoms with Crippen LogP contribution in [0.25, 0.3) is 10.9 Å². The van der Waals surface area contributed by atoms with E-state index in [4.69, 9.17) is 9.47 Å². The molecule has 0 saturated heterocycles. The van der Waals surface area contributed by atoms with Gasteiger partial charge in [-0.15, -0.1) is 0 Å². The molecule has 0 saturated carbocycles. The predicted octanol–water partition coefficient (Wildman–Crippen LogP) is 4.10. The Hall–Kier alpha value is -3.41. The number of nitrogens with one attached hydrogen (secondary N) is 1. The maximum atomic E-state index is 12.6. The number of benzene rings is 2. The number of rotatable bonds is 7. The maximum absolute atomic E-state index is 12.6. The second-order valence-corrected chi connectivity index (χ2v) is 6.29. The lowest BCUT2D eigenvalue weighted by atomic mass is 10.1. The number of para-hydroxylation sites is 1. The molecule has 3 rings (SSSR count). The second kappa shape index (κ2) is 8.99. The molecular formula is C22H23N3O3. The summed E-state index contributed by atoms with van der Waals surface area (Å²) < 4.78 is 11.0. The van der Waals surface area contributed by atoms with E-state index in [1.54, 1.807) is 19.4 Å². The summed E-state index contributed by atoms with van der Waals surface area (Å²) in [4.78, 5) is 17.1. The summed E-state index contributed by atoms with van der Waals surface area (Å²) in [6, 6.07) is 14.8. The van der Waals surface area contributed by atoms with E-state index in [9.17, 15) is 4.79 Å². The first-order valence-corrected chi connectivity index (χ1v) is 9.13. The molecule has 0 spiro atoms. The number of pyridine rings is 1. The van der Waals surface area contributed by atoms with Crippen LogP contribution in [-0.4, -0.2) is 30.8 Å². The Morgan fingerprint density at radius 2 is 2.00 bits per heavy atom. The van der Waals surface area contributed by atoms with Gasteiger partial charge in [-0.2, -0.15) is 5.10 Å². The number of hydrogen-bond acceptors (Lipinski definition) is 5. The van der Waals surface area contributed by atoms with Crippen molar-refractivity contribution in [1.29, 1.82) is 0 Å². The Morgan fingerprint density at radius 1 is 1.18 bits per heavy atom. The first kappa shape index (κ1) is 19.4. The maximum Gasteiger partial charge on any atom is 0.272 e. The quantitative estimate of drug-likeness (QED) is 0.497. The highest BCUT2D eigenvalue weighted by Crippen LogP contribution is 2.27. The van der Waals surface area contributed by atoms with Crippen molar-refractivity contribution in [1.82, 2.24) is 10.4 Å². The average Bonchev–Trinajstić information content (AvgIpc) is 2.71. The van der Waals surface area contributed by atoms with Crippen LogP contribution in [-0.2, 0) is 0 Å². The van der Waals surface area contributed by atoms with Gasteiger partial charge in [0.05, 0.1) is 31.0 Å². The van der Waals surface area contributed by atoms with Crippen LogP contribution in [0.1, 0.15) is 35.0 Å². The van der Waals surface area contributed by atoms with Crippen molar-refractivity contribution in [3.63, 3.8) is 0 Å². The highest BCUT2D eigenvalue weighted by atomic mass is 16.5. The Labute approximate surface area is 164 Å². The zero-order chi connectivity index (χ0) is 19.9. The molecule has 0 atom stereocenters. The van der Waals surface area contributed by atoms with Gasteiger partial charge in [0.25, 0.3) is 5.91 Å². The fraction of sp³-hybridized carbons (Fsp3) is 0.227. The topological polar surface area (TPSA) is 72.8 Å². The van der Waals surface area contributed by atoms with Crippen molar-refractivity contribution in [2.75, 3.05) is 13.7 Å². The molecule has 144 valence electrons. The normalized spacial score (nSPS) is 11.0. The molecule has 6 nitrogen and oxygen atoms in total. The lowest BCUT2D eigenvalue weighted by Crippen LogP contribution is -2.18. The molecule has 0 radical (unpaired) electrons. The van der Waals surface area contributed by atoms with Crippen LogP contribution in [0, 0.1) is 6.92 Å². The molecule has 0 aliphatic rings. The molecule has 0 unspecified atom stereocenters. The number of nitrogens with zero attached hydrogens (tertiary/aromatic N) is 2. The number of fused-ring (bicyclic) bond motifs is 1. The molecule has 28 heavy (non-hydrogen) atoms. The third-order valence-corrected chi connectivity index (χ3v) is 4.12. The molecule has 1 aromatic heterocycles. The number of carbonyl (C=O) groups is 1. The Kier molecular flexibility index (Phi) is 6.22. The predicted molar refractivity (Wildman–Crippen MR) is 110 cm³/mol. The van der Waals surface area contributed by atoms with Gasteiger partial charge in [-0.05, 0) is 49.2 Å². The van der Waals surface area contributed by atoms with Crippen LogP contribution in [0.3, 0.4) is 0 Å². The number of hydrogen-bond donors (Lipinski definition) is 1. The summed E-state index contributed by atoms with van der Waals surface area (Å²) in [5.74, 6) is 1.02. The average molecular weight is 377 g/mol. The zero-order valence-corrected chi connectivity index (χ0v) is 16.2. The first-order valence-electron chi connectivity index (χ1n) is 9.13. The smallest absolute Gasteiger partial charge is 0.272 e. The summed E-state index contributed by atoms with van der Waals surface area (Å²) in [5.41, 5.74) is 5.47. The van der Waals surface area contributed by atoms with Crippen LogP contribution in [0.15, 0.2) is 53.6 Å². The van der Waals surface area contributed by atoms with Crippen LogP contribution >= 0.6 is 0 Å². The molecule has 0 aliphatic carbocycles. The highest BCUT2D eigenvalue weighted by Gasteiger charge is 2.11. The first-order chi connectivity index (χ1) is 13.6. The molecule has 3 aromatic rings. The van der Waals surface area contributed by atoms with Gasteiger partial charge in [-0.3, -0.25) is 9.78 Å². The fourth-order valence-electron chi connectivity index (χ4n) is 2.82. The molecule has 1 heterocycles. The largest absolute Gasteiger partial charge is 0.493 e. The van der Waals surface area contributed by atoms with Crippen molar-refractivity contribution < 1.29 is 14.3 Å². The Balaban J connectivity index is 1.75. The molecular weight excluding hydrogens is 354 g/mol. The van der Waals surface area contributed by atoms with Gasteiger partial charge in [0.1, 0.15) is 0 Å². The SMILES string of the molecule is CCCOc1ccc(/C=N\NC(=O)c2cc(C)nc3ccccc23)cc1OC. The van der Waals surface area contributed by atoms with Crippen LogP contribution in [0.5, 0.6) is 11.5 Å². The second-order valence-electron chi connectivity index (χ2n) is 6.29. The minimum Gasteiger partial charge on any atom is -0.493 e. The molecule has 0 bridgehead atoms. The minimum atomic E-state index is -0.284. The number of aryl methyl sites for hydroxylation is 1. The zero-order valence-electron chi connectivity index (χ0n) is 16.2. The van der Waals surface area contributed by atoms with Crippen molar-refractivity contribution in [3.8, 4) is 11.5 Å². The van der Waals surface area contributed by atoms with Crippen LogP contribution in [0.4, 0.5) is 0 Å². The number of ether oxygens (including phenoxy) is 2. The molecule has 2 aromatic carbocycles. The van der Waals surface area contributed by atoms with E-state index in [1.165, 1.54) is 0 Å². The van der Waals surface area contributed by atoms with Crippen LogP contribution < -0.4 is 14.9 Å². The molecule has 1 N–H and O–H groups in total. The fourth-order valence-corrected chi connectivity index (χ4v) is 2.82. The summed E-state index contributed by atoms with van der Waals surface area (Å²) >= 11 is 0. The number of carbonyl (C=O) groups excluding carboxylic acids is 1. The lowest BCUT2D eigenvalue weighted by molar-refractivity contribution is 0.0956. The van der Waals surface area contributed by atoms with Crippen molar-refractivity contribution in [2.24, 2.45) is 5.10 Å². The minimum absolute atomic E-state index is 0.284. The van der Waals surface area contributed by atoms with E-state index in [2.05, 4.69) is 15.5 Å². The van der Waals surface area contributed by atoms with E-state index in [0.29, 0.717) is 23.7 Å². The summed E-state index contributed by atoms with van der Waals surface area (Å²) in [7, 11) is 1.59. The van der Waals surface area contributed by atoms with Crippen molar-refractivity contribution in [3.05, 3.63) is 65.4 Å². The van der Waals surface area contributed by atoms with Gasteiger partial charge >= 0.3 is 0 Å². The molecule has 0 aliphatic heterocycles. The third kappa shape index (κ3) is 4.46. The summed E-state index contributed by atoms with van der Waals surface area (Å²) in [5, 5.41) is 4.87. The van der Waals surface area contributed by atoms with Gasteiger partial charge in [0.15, 0.2) is 11.5 Å². The highest BCUT2D eigenvalue weighted by molar-refractivity contribution is 6.06. The monoisotopic (exact) mass is 377 g/mol. The van der Waals surface area contributed by atoms with Crippen LogP contribution in [0.2, 0.25) is 0 Å². The number of methoxy groups -OCH3 is 1. The number of aromatic nitrogens is 1. The van der Waals surface area contributed by atoms with E-state index in [-0.39, 0.29) is 5.91 Å². The lowest BCUT2D eigenvalue weighted by Gasteiger charge is -2.10. The van der Waals surface area contributed by atoms with E-state index >= 15 is 0 Å². The van der Waals surface area contributed by atoms with Gasteiger partial charge in [0.2, 0.25) is 0 Å². The molecule has 0 fully saturated rings. The number of amides is 1. The Morgan fingerprint density at radius 3 is 2.79 bits per heavy atom. The Bertz CT molecular complexity index is 1020. The van der Waals surface area contributed by atoms with Gasteiger partial charge < -0.3 is 9.47 Å². The van der Waals surface area contributed by atoms with Gasteiger partial charge in [-0.25, -0.2) is 5.43 Å². The molecule has 6 heteroatoms.